The third kappa shape index (κ3) is 2.96. The number of cyclic esters (lactones) is 1. The summed E-state index contributed by atoms with van der Waals surface area (Å²) in [5, 5.41) is 0. The first-order valence-electron chi connectivity index (χ1n) is 6.95. The minimum Gasteiger partial charge on any atom is -0.465 e. The van der Waals surface area contributed by atoms with Gasteiger partial charge in [-0.2, -0.15) is 0 Å². The fraction of sp³-hybridized carbons (Fsp3) is 0.118. The van der Waals surface area contributed by atoms with Crippen LogP contribution in [0.4, 0.5) is 4.39 Å². The second-order valence-corrected chi connectivity index (χ2v) is 4.95. The van der Waals surface area contributed by atoms with Crippen molar-refractivity contribution in [1.29, 1.82) is 0 Å². The molecule has 1 aliphatic rings. The van der Waals surface area contributed by atoms with Gasteiger partial charge in [-0.25, -0.2) is 19.0 Å². The topological polar surface area (TPSA) is 78.1 Å². The number of methoxy groups -OCH3 is 1. The summed E-state index contributed by atoms with van der Waals surface area (Å²) in [4.78, 5) is 27.5. The lowest BCUT2D eigenvalue weighted by molar-refractivity contribution is -0.129. The van der Waals surface area contributed by atoms with Crippen LogP contribution in [0.1, 0.15) is 27.4 Å². The zero-order valence-electron chi connectivity index (χ0n) is 12.8. The first-order chi connectivity index (χ1) is 11.5. The summed E-state index contributed by atoms with van der Waals surface area (Å²) in [6.45, 7) is 1.61. The molecule has 0 amide bonds. The molecule has 0 N–H and O–H groups in total. The van der Waals surface area contributed by atoms with Crippen molar-refractivity contribution >= 4 is 23.9 Å². The van der Waals surface area contributed by atoms with E-state index in [0.717, 1.165) is 0 Å². The van der Waals surface area contributed by atoms with Crippen molar-refractivity contribution in [3.8, 4) is 0 Å². The highest BCUT2D eigenvalue weighted by Crippen LogP contribution is 2.22. The number of aryl methyl sites for hydroxylation is 1. The van der Waals surface area contributed by atoms with E-state index in [0.29, 0.717) is 11.3 Å². The van der Waals surface area contributed by atoms with E-state index in [1.165, 1.54) is 43.5 Å². The number of esters is 2. The lowest BCUT2D eigenvalue weighted by atomic mass is 10.2. The molecular weight excluding hydrogens is 317 g/mol. The molecule has 0 unspecified atom stereocenters. The van der Waals surface area contributed by atoms with E-state index < -0.39 is 17.8 Å². The van der Waals surface area contributed by atoms with E-state index in [9.17, 15) is 14.0 Å². The van der Waals surface area contributed by atoms with Crippen molar-refractivity contribution in [2.24, 2.45) is 4.99 Å². The standard InChI is InChI=1S/C17H12FNO5/c1-9-13(16(20)22-2)7-12(23-9)8-14-17(21)24-15(19-14)10-3-5-11(18)6-4-10/h3-8H,1-2H3/b14-8+. The lowest BCUT2D eigenvalue weighted by Crippen LogP contribution is -2.05. The smallest absolute Gasteiger partial charge is 0.363 e. The molecule has 3 rings (SSSR count). The molecule has 0 radical (unpaired) electrons. The summed E-state index contributed by atoms with van der Waals surface area (Å²) in [6.07, 6.45) is 1.36. The summed E-state index contributed by atoms with van der Waals surface area (Å²) < 4.78 is 28.0. The summed E-state index contributed by atoms with van der Waals surface area (Å²) in [5.74, 6) is -0.899. The first-order valence-corrected chi connectivity index (χ1v) is 6.95. The van der Waals surface area contributed by atoms with Gasteiger partial charge in [0.25, 0.3) is 0 Å². The quantitative estimate of drug-likeness (QED) is 0.639. The molecule has 6 nitrogen and oxygen atoms in total. The highest BCUT2D eigenvalue weighted by molar-refractivity contribution is 6.12. The number of carbonyl (C=O) groups is 2. The van der Waals surface area contributed by atoms with E-state index >= 15 is 0 Å². The van der Waals surface area contributed by atoms with Crippen molar-refractivity contribution in [2.75, 3.05) is 7.11 Å². The number of ether oxygens (including phenoxy) is 2. The highest BCUT2D eigenvalue weighted by Gasteiger charge is 2.25. The molecule has 0 fully saturated rings. The van der Waals surface area contributed by atoms with Gasteiger partial charge in [-0.1, -0.05) is 0 Å². The van der Waals surface area contributed by atoms with E-state index in [1.807, 2.05) is 0 Å². The monoisotopic (exact) mass is 329 g/mol. The number of hydrogen-bond donors (Lipinski definition) is 0. The Morgan fingerprint density at radius 1 is 1.29 bits per heavy atom. The van der Waals surface area contributed by atoms with Crippen LogP contribution >= 0.6 is 0 Å². The van der Waals surface area contributed by atoms with Gasteiger partial charge in [-0.15, -0.1) is 0 Å². The number of aliphatic imine (C=N–C) groups is 1. The minimum absolute atomic E-state index is 0.0134. The van der Waals surface area contributed by atoms with Crippen LogP contribution in [0.2, 0.25) is 0 Å². The van der Waals surface area contributed by atoms with Crippen molar-refractivity contribution in [1.82, 2.24) is 0 Å². The van der Waals surface area contributed by atoms with Crippen LogP contribution in [0.25, 0.3) is 6.08 Å². The summed E-state index contributed by atoms with van der Waals surface area (Å²) in [5.41, 5.74) is 0.747. The Labute approximate surface area is 136 Å². The second-order valence-electron chi connectivity index (χ2n) is 4.95. The molecule has 0 saturated heterocycles. The van der Waals surface area contributed by atoms with Crippen LogP contribution in [0, 0.1) is 12.7 Å². The maximum Gasteiger partial charge on any atom is 0.363 e. The average molecular weight is 329 g/mol. The van der Waals surface area contributed by atoms with E-state index in [2.05, 4.69) is 9.73 Å². The zero-order chi connectivity index (χ0) is 17.3. The van der Waals surface area contributed by atoms with Crippen LogP contribution in [0.15, 0.2) is 45.4 Å². The Balaban J connectivity index is 1.91. The molecule has 2 heterocycles. The van der Waals surface area contributed by atoms with Crippen LogP contribution in [0.3, 0.4) is 0 Å². The highest BCUT2D eigenvalue weighted by atomic mass is 19.1. The number of carbonyl (C=O) groups excluding carboxylic acids is 2. The number of rotatable bonds is 3. The minimum atomic E-state index is -0.664. The average Bonchev–Trinajstić information content (AvgIpc) is 3.11. The lowest BCUT2D eigenvalue weighted by Gasteiger charge is -1.98. The molecule has 2 aromatic rings. The van der Waals surface area contributed by atoms with Crippen LogP contribution in [-0.4, -0.2) is 24.9 Å². The normalized spacial score (nSPS) is 15.4. The van der Waals surface area contributed by atoms with Crippen molar-refractivity contribution in [3.05, 3.63) is 64.5 Å². The predicted octanol–water partition coefficient (Wildman–Crippen LogP) is 2.86. The summed E-state index contributed by atoms with van der Waals surface area (Å²) >= 11 is 0. The van der Waals surface area contributed by atoms with Gasteiger partial charge in [0.15, 0.2) is 5.70 Å². The van der Waals surface area contributed by atoms with Crippen molar-refractivity contribution in [2.45, 2.75) is 6.92 Å². The molecule has 7 heteroatoms. The fourth-order valence-electron chi connectivity index (χ4n) is 2.15. The van der Waals surface area contributed by atoms with E-state index in [4.69, 9.17) is 9.15 Å². The van der Waals surface area contributed by atoms with Crippen LogP contribution in [0.5, 0.6) is 0 Å². The van der Waals surface area contributed by atoms with Crippen molar-refractivity contribution in [3.63, 3.8) is 0 Å². The molecule has 1 aromatic carbocycles. The first kappa shape index (κ1) is 15.7. The summed E-state index contributed by atoms with van der Waals surface area (Å²) in [7, 11) is 1.26. The molecule has 0 saturated carbocycles. The molecule has 122 valence electrons. The van der Waals surface area contributed by atoms with Gasteiger partial charge in [0, 0.05) is 11.6 Å². The van der Waals surface area contributed by atoms with Gasteiger partial charge >= 0.3 is 11.9 Å². The molecule has 0 atom stereocenters. The van der Waals surface area contributed by atoms with Crippen LogP contribution < -0.4 is 0 Å². The van der Waals surface area contributed by atoms with Gasteiger partial charge in [-0.3, -0.25) is 0 Å². The number of nitrogens with zero attached hydrogens (tertiary/aromatic N) is 1. The maximum atomic E-state index is 12.9. The number of furan rings is 1. The van der Waals surface area contributed by atoms with Gasteiger partial charge in [-0.05, 0) is 37.3 Å². The van der Waals surface area contributed by atoms with Gasteiger partial charge in [0.05, 0.1) is 7.11 Å². The molecule has 0 aliphatic carbocycles. The second kappa shape index (κ2) is 6.11. The third-order valence-corrected chi connectivity index (χ3v) is 3.33. The molecule has 0 bridgehead atoms. The van der Waals surface area contributed by atoms with Gasteiger partial charge in [0.2, 0.25) is 5.90 Å². The largest absolute Gasteiger partial charge is 0.465 e. The Kier molecular flexibility index (Phi) is 3.99. The number of hydrogen-bond acceptors (Lipinski definition) is 6. The number of halogens is 1. The molecule has 24 heavy (non-hydrogen) atoms. The van der Waals surface area contributed by atoms with Crippen molar-refractivity contribution < 1.29 is 27.9 Å². The number of benzene rings is 1. The van der Waals surface area contributed by atoms with Gasteiger partial charge < -0.3 is 13.9 Å². The SMILES string of the molecule is COC(=O)c1cc(/C=C2/N=C(c3ccc(F)cc3)OC2=O)oc1C. The van der Waals surface area contributed by atoms with Gasteiger partial charge in [0.1, 0.15) is 22.9 Å². The van der Waals surface area contributed by atoms with E-state index in [1.54, 1.807) is 6.92 Å². The molecule has 1 aromatic heterocycles. The zero-order valence-corrected chi connectivity index (χ0v) is 12.8. The Bertz CT molecular complexity index is 877. The summed E-state index contributed by atoms with van der Waals surface area (Å²) in [6, 6.07) is 6.85. The Hall–Kier alpha value is -3.22. The van der Waals surface area contributed by atoms with E-state index in [-0.39, 0.29) is 22.9 Å². The fourth-order valence-corrected chi connectivity index (χ4v) is 2.15. The molecular formula is C17H12FNO5. The Morgan fingerprint density at radius 2 is 2.00 bits per heavy atom. The Morgan fingerprint density at radius 3 is 2.67 bits per heavy atom. The predicted molar refractivity (Wildman–Crippen MR) is 81.8 cm³/mol. The molecule has 1 aliphatic heterocycles. The maximum absolute atomic E-state index is 12.9. The molecule has 0 spiro atoms. The van der Waals surface area contributed by atoms with Crippen LogP contribution in [-0.2, 0) is 14.3 Å². The third-order valence-electron chi connectivity index (χ3n) is 3.33.